The van der Waals surface area contributed by atoms with E-state index in [4.69, 9.17) is 14.6 Å². The standard InChI is InChI=1S/C29H36N4O6S/c1-33-19-31-32-29(33)40-18-24-15-25(22-11-9-21(17-34)10-12-22)39-28(38-24)23-13-7-20(8-14-23)16-30-26(35)5-3-2-4-6-27(36)37/h7-14,19,24-25,28,34H,2-6,15-18H2,1H3,(H,30,35)(H,36,37)/t24-,25+,28+/m0/s1. The van der Waals surface area contributed by atoms with Gasteiger partial charge in [-0.2, -0.15) is 0 Å². The van der Waals surface area contributed by atoms with Crippen LogP contribution in [0.5, 0.6) is 0 Å². The second-order valence-electron chi connectivity index (χ2n) is 9.86. The number of ether oxygens (including phenoxy) is 2. The van der Waals surface area contributed by atoms with E-state index in [1.807, 2.05) is 60.1 Å². The van der Waals surface area contributed by atoms with E-state index in [9.17, 15) is 14.7 Å². The van der Waals surface area contributed by atoms with Gasteiger partial charge in [0.1, 0.15) is 6.33 Å². The predicted molar refractivity (Wildman–Crippen MR) is 149 cm³/mol. The van der Waals surface area contributed by atoms with Gasteiger partial charge in [0, 0.05) is 44.2 Å². The highest BCUT2D eigenvalue weighted by molar-refractivity contribution is 7.99. The van der Waals surface area contributed by atoms with Gasteiger partial charge in [0.15, 0.2) is 11.4 Å². The summed E-state index contributed by atoms with van der Waals surface area (Å²) in [5.74, 6) is -0.157. The molecule has 1 fully saturated rings. The number of carbonyl (C=O) groups is 2. The van der Waals surface area contributed by atoms with E-state index < -0.39 is 12.3 Å². The first kappa shape index (κ1) is 29.7. The number of nitrogens with zero attached hydrogens (tertiary/aromatic N) is 3. The number of aliphatic carboxylic acids is 1. The van der Waals surface area contributed by atoms with Gasteiger partial charge in [-0.05, 0) is 29.5 Å². The zero-order valence-electron chi connectivity index (χ0n) is 22.6. The normalized spacial score (nSPS) is 18.9. The summed E-state index contributed by atoms with van der Waals surface area (Å²) in [6.45, 7) is 0.408. The average Bonchev–Trinajstić information content (AvgIpc) is 3.39. The highest BCUT2D eigenvalue weighted by Crippen LogP contribution is 2.39. The van der Waals surface area contributed by atoms with E-state index in [0.29, 0.717) is 38.0 Å². The SMILES string of the molecule is Cn1cnnc1SC[C@@H]1C[C@H](c2ccc(CO)cc2)O[C@H](c2ccc(CNC(=O)CCCCCC(=O)O)cc2)O1. The van der Waals surface area contributed by atoms with Gasteiger partial charge in [-0.3, -0.25) is 9.59 Å². The van der Waals surface area contributed by atoms with Gasteiger partial charge < -0.3 is 29.6 Å². The van der Waals surface area contributed by atoms with Gasteiger partial charge >= 0.3 is 5.97 Å². The zero-order valence-corrected chi connectivity index (χ0v) is 23.4. The largest absolute Gasteiger partial charge is 0.481 e. The summed E-state index contributed by atoms with van der Waals surface area (Å²) in [5, 5.41) is 30.0. The van der Waals surface area contributed by atoms with Gasteiger partial charge in [-0.15, -0.1) is 10.2 Å². The van der Waals surface area contributed by atoms with Gasteiger partial charge in [-0.25, -0.2) is 0 Å². The van der Waals surface area contributed by atoms with Crippen molar-refractivity contribution in [2.24, 2.45) is 7.05 Å². The number of carboxylic acid groups (broad SMARTS) is 1. The van der Waals surface area contributed by atoms with Crippen molar-refractivity contribution in [1.82, 2.24) is 20.1 Å². The molecular formula is C29H36N4O6S. The summed E-state index contributed by atoms with van der Waals surface area (Å²) < 4.78 is 14.7. The molecule has 10 nitrogen and oxygen atoms in total. The average molecular weight is 569 g/mol. The number of aliphatic hydroxyl groups is 1. The molecule has 0 saturated carbocycles. The van der Waals surface area contributed by atoms with Crippen LogP contribution in [-0.2, 0) is 39.3 Å². The minimum absolute atomic E-state index is 0.00585. The van der Waals surface area contributed by atoms with Crippen molar-refractivity contribution in [3.63, 3.8) is 0 Å². The second-order valence-corrected chi connectivity index (χ2v) is 10.8. The number of aromatic nitrogens is 3. The third-order valence-corrected chi connectivity index (χ3v) is 7.89. The highest BCUT2D eigenvalue weighted by atomic mass is 32.2. The smallest absolute Gasteiger partial charge is 0.303 e. The lowest BCUT2D eigenvalue weighted by Gasteiger charge is -2.36. The lowest BCUT2D eigenvalue weighted by Crippen LogP contribution is -2.31. The van der Waals surface area contributed by atoms with E-state index in [1.165, 1.54) is 0 Å². The lowest BCUT2D eigenvalue weighted by atomic mass is 10.0. The summed E-state index contributed by atoms with van der Waals surface area (Å²) >= 11 is 1.59. The first-order valence-electron chi connectivity index (χ1n) is 13.5. The van der Waals surface area contributed by atoms with Gasteiger partial charge in [0.2, 0.25) is 5.91 Å². The Morgan fingerprint density at radius 2 is 1.70 bits per heavy atom. The Hall–Kier alpha value is -3.25. The molecule has 2 aromatic carbocycles. The van der Waals surface area contributed by atoms with Crippen molar-refractivity contribution >= 4 is 23.6 Å². The molecule has 0 unspecified atom stereocenters. The van der Waals surface area contributed by atoms with Crippen molar-refractivity contribution in [3.05, 3.63) is 77.1 Å². The summed E-state index contributed by atoms with van der Waals surface area (Å²) in [6, 6.07) is 15.6. The summed E-state index contributed by atoms with van der Waals surface area (Å²) in [7, 11) is 1.91. The van der Waals surface area contributed by atoms with Crippen LogP contribution in [0.25, 0.3) is 0 Å². The fourth-order valence-corrected chi connectivity index (χ4v) is 5.32. The topological polar surface area (TPSA) is 136 Å². The minimum atomic E-state index is -0.805. The third kappa shape index (κ3) is 8.88. The molecule has 1 aliphatic heterocycles. The summed E-state index contributed by atoms with van der Waals surface area (Å²) in [6.07, 6.45) is 4.04. The van der Waals surface area contributed by atoms with Crippen LogP contribution in [0, 0.1) is 0 Å². The second kappa shape index (κ2) is 14.9. The number of carbonyl (C=O) groups excluding carboxylic acids is 1. The number of benzene rings is 2. The number of aliphatic hydroxyl groups excluding tert-OH is 1. The lowest BCUT2D eigenvalue weighted by molar-refractivity contribution is -0.245. The van der Waals surface area contributed by atoms with Crippen LogP contribution in [-0.4, -0.2) is 48.7 Å². The van der Waals surface area contributed by atoms with E-state index in [2.05, 4.69) is 15.5 Å². The number of aryl methyl sites for hydroxylation is 1. The van der Waals surface area contributed by atoms with Crippen LogP contribution in [0.2, 0.25) is 0 Å². The Morgan fingerprint density at radius 3 is 2.38 bits per heavy atom. The Balaban J connectivity index is 1.35. The molecule has 0 spiro atoms. The number of amides is 1. The van der Waals surface area contributed by atoms with E-state index >= 15 is 0 Å². The van der Waals surface area contributed by atoms with Crippen molar-refractivity contribution in [3.8, 4) is 0 Å². The number of hydrogen-bond donors (Lipinski definition) is 3. The molecule has 0 radical (unpaired) electrons. The molecule has 1 aliphatic rings. The van der Waals surface area contributed by atoms with Crippen LogP contribution in [0.15, 0.2) is 60.0 Å². The van der Waals surface area contributed by atoms with Crippen LogP contribution in [0.4, 0.5) is 0 Å². The number of thioether (sulfide) groups is 1. The Labute approximate surface area is 238 Å². The molecule has 3 atom stereocenters. The van der Waals surface area contributed by atoms with Crippen molar-refractivity contribution in [2.75, 3.05) is 5.75 Å². The molecule has 0 aliphatic carbocycles. The summed E-state index contributed by atoms with van der Waals surface area (Å²) in [5.41, 5.74) is 3.73. The molecular weight excluding hydrogens is 532 g/mol. The third-order valence-electron chi connectivity index (χ3n) is 6.72. The van der Waals surface area contributed by atoms with E-state index in [-0.39, 0.29) is 31.1 Å². The number of nitrogens with one attached hydrogen (secondary N) is 1. The maximum atomic E-state index is 12.1. The Kier molecular flexibility index (Phi) is 11.1. The maximum absolute atomic E-state index is 12.1. The summed E-state index contributed by atoms with van der Waals surface area (Å²) in [4.78, 5) is 22.7. The number of unbranched alkanes of at least 4 members (excludes halogenated alkanes) is 2. The monoisotopic (exact) mass is 568 g/mol. The van der Waals surface area contributed by atoms with Gasteiger partial charge in [0.05, 0.1) is 18.8 Å². The number of rotatable bonds is 14. The van der Waals surface area contributed by atoms with Crippen molar-refractivity contribution in [1.29, 1.82) is 0 Å². The van der Waals surface area contributed by atoms with E-state index in [0.717, 1.165) is 33.8 Å². The molecule has 11 heteroatoms. The first-order valence-corrected chi connectivity index (χ1v) is 14.4. The fourth-order valence-electron chi connectivity index (χ4n) is 4.41. The molecule has 1 amide bonds. The van der Waals surface area contributed by atoms with Gasteiger partial charge in [0.25, 0.3) is 0 Å². The Morgan fingerprint density at radius 1 is 1.00 bits per heavy atom. The molecule has 1 saturated heterocycles. The zero-order chi connectivity index (χ0) is 28.3. The molecule has 3 N–H and O–H groups in total. The Bertz CT molecular complexity index is 1230. The van der Waals surface area contributed by atoms with Crippen LogP contribution in [0.3, 0.4) is 0 Å². The predicted octanol–water partition coefficient (Wildman–Crippen LogP) is 4.30. The van der Waals surface area contributed by atoms with E-state index in [1.54, 1.807) is 18.1 Å². The fraction of sp³-hybridized carbons (Fsp3) is 0.448. The number of carboxylic acids is 1. The quantitative estimate of drug-likeness (QED) is 0.192. The molecule has 1 aromatic heterocycles. The highest BCUT2D eigenvalue weighted by Gasteiger charge is 2.32. The maximum Gasteiger partial charge on any atom is 0.303 e. The first-order chi connectivity index (χ1) is 19.4. The molecule has 0 bridgehead atoms. The van der Waals surface area contributed by atoms with Crippen LogP contribution < -0.4 is 5.32 Å². The molecule has 40 heavy (non-hydrogen) atoms. The van der Waals surface area contributed by atoms with Crippen LogP contribution >= 0.6 is 11.8 Å². The minimum Gasteiger partial charge on any atom is -0.481 e. The number of hydrogen-bond acceptors (Lipinski definition) is 8. The molecule has 3 aromatic rings. The van der Waals surface area contributed by atoms with Crippen molar-refractivity contribution in [2.45, 2.75) is 75.3 Å². The van der Waals surface area contributed by atoms with Gasteiger partial charge in [-0.1, -0.05) is 66.7 Å². The molecule has 2 heterocycles. The van der Waals surface area contributed by atoms with Crippen LogP contribution in [0.1, 0.15) is 73.2 Å². The molecule has 214 valence electrons. The molecule has 4 rings (SSSR count). The van der Waals surface area contributed by atoms with Crippen molar-refractivity contribution < 1.29 is 29.3 Å².